The van der Waals surface area contributed by atoms with Gasteiger partial charge in [-0.3, -0.25) is 14.7 Å². The molecule has 1 atom stereocenters. The van der Waals surface area contributed by atoms with E-state index >= 15 is 0 Å². The minimum atomic E-state index is 0.362. The van der Waals surface area contributed by atoms with E-state index in [1.807, 2.05) is 0 Å². The molecule has 5 aliphatic heterocycles. The van der Waals surface area contributed by atoms with E-state index < -0.39 is 0 Å². The Morgan fingerprint density at radius 3 is 1.37 bits per heavy atom. The van der Waals surface area contributed by atoms with Crippen LogP contribution >= 0.6 is 0 Å². The highest BCUT2D eigenvalue weighted by molar-refractivity contribution is 4.81. The number of hydrogen-bond donors (Lipinski definition) is 2. The number of hydrogen-bond acceptors (Lipinski definition) is 8. The molecule has 6 fully saturated rings. The number of rotatable bonds is 6. The van der Waals surface area contributed by atoms with Gasteiger partial charge in [0.25, 0.3) is 0 Å². The van der Waals surface area contributed by atoms with Gasteiger partial charge in [-0.05, 0) is 150 Å². The molecule has 0 aromatic carbocycles. The normalized spacial score (nSPS) is 24.1. The highest BCUT2D eigenvalue weighted by Gasteiger charge is 2.24. The van der Waals surface area contributed by atoms with Gasteiger partial charge >= 0.3 is 0 Å². The lowest BCUT2D eigenvalue weighted by atomic mass is 9.82. The minimum Gasteiger partial charge on any atom is -0.379 e. The van der Waals surface area contributed by atoms with Crippen molar-refractivity contribution in [1.82, 2.24) is 35.1 Å². The topological polar surface area (TPSA) is 49.5 Å². The molecule has 6 rings (SSSR count). The molecule has 0 spiro atoms. The van der Waals surface area contributed by atoms with Gasteiger partial charge in [-0.25, -0.2) is 0 Å². The number of piperazine rings is 2. The molecule has 1 aliphatic carbocycles. The largest absolute Gasteiger partial charge is 0.379 e. The highest BCUT2D eigenvalue weighted by atomic mass is 16.5. The molecular weight excluding hydrogens is 703 g/mol. The molecule has 8 heteroatoms. The minimum absolute atomic E-state index is 0.362. The molecule has 2 N–H and O–H groups in total. The Balaban J connectivity index is 0.000000343. The van der Waals surface area contributed by atoms with Crippen LogP contribution < -0.4 is 10.6 Å². The van der Waals surface area contributed by atoms with Crippen molar-refractivity contribution < 1.29 is 4.74 Å². The van der Waals surface area contributed by atoms with E-state index in [4.69, 9.17) is 4.74 Å². The van der Waals surface area contributed by atoms with E-state index in [1.54, 1.807) is 0 Å². The first-order valence-electron chi connectivity index (χ1n) is 24.5. The quantitative estimate of drug-likeness (QED) is 0.276. The maximum absolute atomic E-state index is 5.21. The summed E-state index contributed by atoms with van der Waals surface area (Å²) in [6, 6.07) is 1.42. The molecule has 6 aliphatic rings. The third-order valence-electron chi connectivity index (χ3n) is 13.4. The summed E-state index contributed by atoms with van der Waals surface area (Å²) in [6.45, 7) is 48.7. The van der Waals surface area contributed by atoms with Gasteiger partial charge in [-0.2, -0.15) is 0 Å². The van der Waals surface area contributed by atoms with E-state index in [-0.39, 0.29) is 0 Å². The van der Waals surface area contributed by atoms with Gasteiger partial charge in [0, 0.05) is 83.1 Å². The van der Waals surface area contributed by atoms with Crippen molar-refractivity contribution in [3.05, 3.63) is 0 Å². The molecular formula is C49H105N7O. The first kappa shape index (κ1) is 54.7. The van der Waals surface area contributed by atoms with Crippen molar-refractivity contribution in [3.8, 4) is 0 Å². The predicted molar refractivity (Wildman–Crippen MR) is 253 cm³/mol. The number of likely N-dealkylation sites (tertiary alicyclic amines) is 1. The third-order valence-corrected chi connectivity index (χ3v) is 13.4. The Morgan fingerprint density at radius 1 is 0.526 bits per heavy atom. The van der Waals surface area contributed by atoms with E-state index in [0.717, 1.165) is 80.9 Å². The first-order chi connectivity index (χ1) is 26.9. The van der Waals surface area contributed by atoms with Gasteiger partial charge in [-0.15, -0.1) is 0 Å². The van der Waals surface area contributed by atoms with Crippen molar-refractivity contribution in [2.75, 3.05) is 119 Å². The Kier molecular flexibility index (Phi) is 30.2. The monoisotopic (exact) mass is 808 g/mol. The number of nitrogens with zero attached hydrogens (tertiary/aromatic N) is 5. The summed E-state index contributed by atoms with van der Waals surface area (Å²) in [7, 11) is 4.41. The molecule has 1 saturated carbocycles. The first-order valence-corrected chi connectivity index (χ1v) is 24.5. The lowest BCUT2D eigenvalue weighted by molar-refractivity contribution is 0.0238. The van der Waals surface area contributed by atoms with Crippen LogP contribution in [0.25, 0.3) is 0 Å². The molecule has 0 aromatic rings. The van der Waals surface area contributed by atoms with Gasteiger partial charge in [0.2, 0.25) is 0 Å². The fourth-order valence-electron chi connectivity index (χ4n) is 8.85. The molecule has 57 heavy (non-hydrogen) atoms. The van der Waals surface area contributed by atoms with Crippen LogP contribution in [0, 0.1) is 35.5 Å². The average molecular weight is 808 g/mol. The SMILES string of the molecule is CC(C)C1CCCCC1.CC(C)C1CCN(C)CC1.CC(C)CC1CCNC1.CC(C)N1CCNCC1.CC(C)N1CCOCC1.CN1CCN(C(C)(C)C)CC1. The zero-order valence-corrected chi connectivity index (χ0v) is 41.4. The maximum atomic E-state index is 5.21. The Morgan fingerprint density at radius 2 is 1.00 bits per heavy atom. The van der Waals surface area contributed by atoms with Crippen LogP contribution in [0.5, 0.6) is 0 Å². The molecule has 5 heterocycles. The van der Waals surface area contributed by atoms with E-state index in [2.05, 4.69) is 139 Å². The van der Waals surface area contributed by atoms with Crippen LogP contribution in [0.1, 0.15) is 148 Å². The summed E-state index contributed by atoms with van der Waals surface area (Å²) in [4.78, 5) is 12.3. The van der Waals surface area contributed by atoms with E-state index in [9.17, 15) is 0 Å². The van der Waals surface area contributed by atoms with E-state index in [1.165, 1.54) is 123 Å². The van der Waals surface area contributed by atoms with Crippen molar-refractivity contribution in [1.29, 1.82) is 0 Å². The second kappa shape index (κ2) is 31.5. The zero-order valence-electron chi connectivity index (χ0n) is 41.4. The Bertz CT molecular complexity index is 830. The lowest BCUT2D eigenvalue weighted by Crippen LogP contribution is -2.52. The molecule has 1 unspecified atom stereocenters. The van der Waals surface area contributed by atoms with Crippen molar-refractivity contribution in [2.24, 2.45) is 35.5 Å². The molecule has 0 amide bonds. The summed E-state index contributed by atoms with van der Waals surface area (Å²) < 4.78 is 5.21. The van der Waals surface area contributed by atoms with Crippen LogP contribution in [0.2, 0.25) is 0 Å². The van der Waals surface area contributed by atoms with Crippen molar-refractivity contribution >= 4 is 0 Å². The summed E-state index contributed by atoms with van der Waals surface area (Å²) in [5, 5.41) is 6.71. The van der Waals surface area contributed by atoms with Gasteiger partial charge in [0.15, 0.2) is 0 Å². The molecule has 5 saturated heterocycles. The van der Waals surface area contributed by atoms with Crippen molar-refractivity contribution in [2.45, 2.75) is 165 Å². The highest BCUT2D eigenvalue weighted by Crippen LogP contribution is 2.29. The van der Waals surface area contributed by atoms with Crippen LogP contribution in [-0.4, -0.2) is 161 Å². The smallest absolute Gasteiger partial charge is 0.0594 e. The molecule has 0 bridgehead atoms. The van der Waals surface area contributed by atoms with Gasteiger partial charge < -0.3 is 25.2 Å². The van der Waals surface area contributed by atoms with Crippen LogP contribution in [0.15, 0.2) is 0 Å². The van der Waals surface area contributed by atoms with Gasteiger partial charge in [-0.1, -0.05) is 73.6 Å². The fourth-order valence-corrected chi connectivity index (χ4v) is 8.85. The number of nitrogens with one attached hydrogen (secondary N) is 2. The summed E-state index contributed by atoms with van der Waals surface area (Å²) >= 11 is 0. The number of piperidine rings is 1. The Hall–Kier alpha value is -0.320. The Labute approximate surface area is 358 Å². The standard InChI is InChI=1S/C9H20N2.C9H19N.C9H18.C8H17N.C7H16N2.C7H15NO/c1-9(2,3)11-7-5-10(4)6-8-11;1-8(2)9-4-6-10(3)7-5-9;1-8(2)9-6-4-3-5-7-9;1-7(2)5-8-3-4-9-6-8;1-7(2)9-5-3-8-4-6-9;1-7(2)8-3-5-9-6-4-8/h5-8H2,1-4H3;8-9H,4-7H2,1-3H3;8-9H,3-7H2,1-2H3;7-9H,3-6H2,1-2H3;7-8H,3-6H2,1-2H3;7H,3-6H2,1-2H3. The molecule has 0 aromatic heterocycles. The lowest BCUT2D eigenvalue weighted by Gasteiger charge is -2.41. The van der Waals surface area contributed by atoms with Crippen LogP contribution in [0.3, 0.4) is 0 Å². The second-order valence-electron chi connectivity index (χ2n) is 21.1. The van der Waals surface area contributed by atoms with Crippen LogP contribution in [-0.2, 0) is 4.74 Å². The van der Waals surface area contributed by atoms with Gasteiger partial charge in [0.1, 0.15) is 0 Å². The number of ether oxygens (including phenoxy) is 1. The number of morpholine rings is 1. The second-order valence-corrected chi connectivity index (χ2v) is 21.1. The summed E-state index contributed by atoms with van der Waals surface area (Å²) in [5.41, 5.74) is 0.362. The van der Waals surface area contributed by atoms with E-state index in [0.29, 0.717) is 11.6 Å². The van der Waals surface area contributed by atoms with Gasteiger partial charge in [0.05, 0.1) is 13.2 Å². The molecule has 342 valence electrons. The number of likely N-dealkylation sites (N-methyl/N-ethyl adjacent to an activating group) is 1. The predicted octanol–water partition coefficient (Wildman–Crippen LogP) is 8.91. The molecule has 0 radical (unpaired) electrons. The maximum Gasteiger partial charge on any atom is 0.0594 e. The van der Waals surface area contributed by atoms with Crippen LogP contribution in [0.4, 0.5) is 0 Å². The third kappa shape index (κ3) is 27.3. The fraction of sp³-hybridized carbons (Fsp3) is 1.00. The average Bonchev–Trinajstić information content (AvgIpc) is 3.70. The molecule has 8 nitrogen and oxygen atoms in total. The van der Waals surface area contributed by atoms with Crippen molar-refractivity contribution in [3.63, 3.8) is 0 Å². The summed E-state index contributed by atoms with van der Waals surface area (Å²) in [6.07, 6.45) is 13.1. The summed E-state index contributed by atoms with van der Waals surface area (Å²) in [5.74, 6) is 5.74. The zero-order chi connectivity index (χ0) is 42.8.